The third kappa shape index (κ3) is 5.76. The summed E-state index contributed by atoms with van der Waals surface area (Å²) in [4.78, 5) is 29.7. The highest BCUT2D eigenvalue weighted by atomic mass is 32.2. The molecule has 2 fully saturated rings. The van der Waals surface area contributed by atoms with E-state index in [4.69, 9.17) is 4.74 Å². The molecule has 2 unspecified atom stereocenters. The minimum absolute atomic E-state index is 0.0596. The van der Waals surface area contributed by atoms with Gasteiger partial charge < -0.3 is 9.64 Å². The lowest BCUT2D eigenvalue weighted by atomic mass is 9.70. The Morgan fingerprint density at radius 1 is 1.16 bits per heavy atom. The Morgan fingerprint density at radius 3 is 2.47 bits per heavy atom. The lowest BCUT2D eigenvalue weighted by molar-refractivity contribution is -0.132. The smallest absolute Gasteiger partial charge is 0.238 e. The van der Waals surface area contributed by atoms with Crippen molar-refractivity contribution in [1.82, 2.24) is 9.21 Å². The lowest BCUT2D eigenvalue weighted by Gasteiger charge is -2.38. The Labute approximate surface area is 231 Å². The molecule has 2 atom stereocenters. The number of thiophene rings is 1. The second kappa shape index (κ2) is 11.6. The number of hydrogen-bond acceptors (Lipinski definition) is 6. The summed E-state index contributed by atoms with van der Waals surface area (Å²) in [6.07, 6.45) is 2.40. The van der Waals surface area contributed by atoms with Gasteiger partial charge in [0.25, 0.3) is 0 Å². The summed E-state index contributed by atoms with van der Waals surface area (Å²) in [6, 6.07) is 11.8. The monoisotopic (exact) mass is 560 g/mol. The maximum absolute atomic E-state index is 13.9. The van der Waals surface area contributed by atoms with E-state index < -0.39 is 15.4 Å². The first kappa shape index (κ1) is 28.9. The number of benzene rings is 1. The molecule has 7 nitrogen and oxygen atoms in total. The highest BCUT2D eigenvalue weighted by Crippen LogP contribution is 2.64. The maximum Gasteiger partial charge on any atom is 0.238 e. The Hall–Kier alpha value is -2.07. The van der Waals surface area contributed by atoms with Crippen molar-refractivity contribution >= 4 is 33.1 Å². The molecule has 0 spiro atoms. The number of nitrogens with zero attached hydrogens (tertiary/aromatic N) is 2. The zero-order valence-corrected chi connectivity index (χ0v) is 24.6. The minimum Gasteiger partial charge on any atom is -0.385 e. The van der Waals surface area contributed by atoms with Crippen LogP contribution in [-0.2, 0) is 37.4 Å². The van der Waals surface area contributed by atoms with Crippen molar-refractivity contribution in [3.63, 3.8) is 0 Å². The lowest BCUT2D eigenvalue weighted by Crippen LogP contribution is -2.49. The minimum atomic E-state index is -3.89. The third-order valence-electron chi connectivity index (χ3n) is 8.90. The largest absolute Gasteiger partial charge is 0.385 e. The summed E-state index contributed by atoms with van der Waals surface area (Å²) < 4.78 is 34.4. The molecule has 0 radical (unpaired) electrons. The summed E-state index contributed by atoms with van der Waals surface area (Å²) in [5, 5.41) is 2.01. The van der Waals surface area contributed by atoms with Gasteiger partial charge in [0.2, 0.25) is 15.9 Å². The van der Waals surface area contributed by atoms with Gasteiger partial charge in [-0.1, -0.05) is 44.2 Å². The maximum atomic E-state index is 13.9. The second-order valence-corrected chi connectivity index (χ2v) is 14.3. The van der Waals surface area contributed by atoms with Gasteiger partial charge in [0.05, 0.1) is 18.8 Å². The number of hydrogen-bond donors (Lipinski definition) is 0. The first-order valence-electron chi connectivity index (χ1n) is 13.3. The molecule has 1 aromatic carbocycles. The standard InChI is InChI=1S/C29H40N2O5S2/c1-22-12-16-37-25(22)19-30(18-23-9-6-5-7-10-23)27(33)20-31(14-8-15-36-4)38(34,35)21-29-13-11-24(17-26(29)32)28(29,2)3/h5-7,9-10,12,16,24H,8,11,13-15,17-21H2,1-4H3. The van der Waals surface area contributed by atoms with E-state index in [1.807, 2.05) is 62.5 Å². The van der Waals surface area contributed by atoms with Gasteiger partial charge in [0, 0.05) is 43.5 Å². The number of ether oxygens (including phenoxy) is 1. The van der Waals surface area contributed by atoms with E-state index >= 15 is 0 Å². The van der Waals surface area contributed by atoms with Crippen LogP contribution in [0, 0.1) is 23.7 Å². The molecule has 4 rings (SSSR count). The summed E-state index contributed by atoms with van der Waals surface area (Å²) in [5.41, 5.74) is 0.854. The first-order chi connectivity index (χ1) is 18.0. The van der Waals surface area contributed by atoms with Crippen molar-refractivity contribution in [2.24, 2.45) is 16.7 Å². The molecular formula is C29H40N2O5S2. The van der Waals surface area contributed by atoms with E-state index in [-0.39, 0.29) is 41.9 Å². The second-order valence-electron chi connectivity index (χ2n) is 11.4. The van der Waals surface area contributed by atoms with Crippen LogP contribution in [0.4, 0.5) is 0 Å². The van der Waals surface area contributed by atoms with Gasteiger partial charge in [0.1, 0.15) is 5.78 Å². The molecule has 0 N–H and O–H groups in total. The van der Waals surface area contributed by atoms with E-state index in [1.54, 1.807) is 23.3 Å². The van der Waals surface area contributed by atoms with E-state index in [9.17, 15) is 18.0 Å². The van der Waals surface area contributed by atoms with Crippen molar-refractivity contribution in [1.29, 1.82) is 0 Å². The van der Waals surface area contributed by atoms with Crippen LogP contribution in [0.2, 0.25) is 0 Å². The predicted octanol–water partition coefficient (Wildman–Crippen LogP) is 4.65. The average Bonchev–Trinajstić information content (AvgIpc) is 3.44. The highest BCUT2D eigenvalue weighted by Gasteiger charge is 2.65. The summed E-state index contributed by atoms with van der Waals surface area (Å²) in [5.74, 6) is -0.194. The van der Waals surface area contributed by atoms with Crippen LogP contribution in [0.5, 0.6) is 0 Å². The average molecular weight is 561 g/mol. The third-order valence-corrected chi connectivity index (χ3v) is 11.9. The molecule has 38 heavy (non-hydrogen) atoms. The fourth-order valence-electron chi connectivity index (χ4n) is 6.24. The van der Waals surface area contributed by atoms with Crippen LogP contribution in [0.3, 0.4) is 0 Å². The molecule has 0 aliphatic heterocycles. The van der Waals surface area contributed by atoms with Gasteiger partial charge in [-0.15, -0.1) is 11.3 Å². The molecular weight excluding hydrogens is 520 g/mol. The molecule has 208 valence electrons. The molecule has 1 aromatic heterocycles. The number of ketones is 1. The first-order valence-corrected chi connectivity index (χ1v) is 15.8. The number of fused-ring (bicyclic) bond motifs is 2. The summed E-state index contributed by atoms with van der Waals surface area (Å²) in [7, 11) is -2.32. The number of Topliss-reactive ketones (excluding diaryl/α,β-unsaturated/α-hetero) is 1. The van der Waals surface area contributed by atoms with Crippen LogP contribution >= 0.6 is 11.3 Å². The zero-order valence-electron chi connectivity index (χ0n) is 22.9. The number of rotatable bonds is 13. The Morgan fingerprint density at radius 2 is 1.89 bits per heavy atom. The van der Waals surface area contributed by atoms with Crippen molar-refractivity contribution in [3.05, 3.63) is 57.8 Å². The Kier molecular flexibility index (Phi) is 8.81. The fourth-order valence-corrected chi connectivity index (χ4v) is 9.36. The molecule has 2 saturated carbocycles. The molecule has 2 bridgehead atoms. The topological polar surface area (TPSA) is 84.0 Å². The molecule has 9 heteroatoms. The fraction of sp³-hybridized carbons (Fsp3) is 0.586. The highest BCUT2D eigenvalue weighted by molar-refractivity contribution is 7.89. The van der Waals surface area contributed by atoms with E-state index in [0.717, 1.165) is 22.4 Å². The van der Waals surface area contributed by atoms with Gasteiger partial charge in [-0.25, -0.2) is 8.42 Å². The normalized spacial score (nSPS) is 22.3. The Balaban J connectivity index is 1.58. The van der Waals surface area contributed by atoms with Crippen LogP contribution in [0.25, 0.3) is 0 Å². The van der Waals surface area contributed by atoms with E-state index in [2.05, 4.69) is 0 Å². The Bertz CT molecular complexity index is 1240. The summed E-state index contributed by atoms with van der Waals surface area (Å²) >= 11 is 1.60. The molecule has 1 heterocycles. The number of carbonyl (C=O) groups is 2. The number of methoxy groups -OCH3 is 1. The number of sulfonamides is 1. The molecule has 2 aliphatic rings. The molecule has 0 saturated heterocycles. The van der Waals surface area contributed by atoms with Gasteiger partial charge in [-0.3, -0.25) is 9.59 Å². The van der Waals surface area contributed by atoms with Crippen molar-refractivity contribution in [3.8, 4) is 0 Å². The molecule has 2 aliphatic carbocycles. The van der Waals surface area contributed by atoms with Gasteiger partial charge in [-0.2, -0.15) is 4.31 Å². The predicted molar refractivity (Wildman–Crippen MR) is 150 cm³/mol. The van der Waals surface area contributed by atoms with Crippen molar-refractivity contribution in [2.45, 2.75) is 59.5 Å². The molecule has 2 aromatic rings. The SMILES string of the molecule is COCCCN(CC(=O)N(Cc1ccccc1)Cc1sccc1C)S(=O)(=O)CC12CCC(CC1=O)C2(C)C. The van der Waals surface area contributed by atoms with Crippen LogP contribution in [-0.4, -0.2) is 61.9 Å². The number of aryl methyl sites for hydroxylation is 1. The summed E-state index contributed by atoms with van der Waals surface area (Å²) in [6.45, 7) is 7.21. The van der Waals surface area contributed by atoms with Crippen LogP contribution in [0.1, 0.15) is 55.5 Å². The van der Waals surface area contributed by atoms with E-state index in [1.165, 1.54) is 4.31 Å². The van der Waals surface area contributed by atoms with Crippen LogP contribution in [0.15, 0.2) is 41.8 Å². The van der Waals surface area contributed by atoms with Crippen LogP contribution < -0.4 is 0 Å². The van der Waals surface area contributed by atoms with Gasteiger partial charge >= 0.3 is 0 Å². The quantitative estimate of drug-likeness (QED) is 0.333. The van der Waals surface area contributed by atoms with Crippen molar-refractivity contribution < 1.29 is 22.7 Å². The number of carbonyl (C=O) groups excluding carboxylic acids is 2. The van der Waals surface area contributed by atoms with Gasteiger partial charge in [0.15, 0.2) is 0 Å². The van der Waals surface area contributed by atoms with E-state index in [0.29, 0.717) is 39.0 Å². The zero-order chi connectivity index (χ0) is 27.6. The molecule has 1 amide bonds. The number of amides is 1. The van der Waals surface area contributed by atoms with Crippen molar-refractivity contribution in [2.75, 3.05) is 32.6 Å². The van der Waals surface area contributed by atoms with Gasteiger partial charge in [-0.05, 0) is 60.1 Å².